The zero-order valence-electron chi connectivity index (χ0n) is 12.9. The molecule has 0 heterocycles. The maximum Gasteiger partial charge on any atom is 0.293 e. The van der Waals surface area contributed by atoms with Gasteiger partial charge in [-0.15, -0.1) is 0 Å². The van der Waals surface area contributed by atoms with E-state index >= 15 is 0 Å². The van der Waals surface area contributed by atoms with Gasteiger partial charge in [0, 0.05) is 6.04 Å². The van der Waals surface area contributed by atoms with Crippen molar-refractivity contribution in [3.05, 3.63) is 64.0 Å². The molecule has 24 heavy (non-hydrogen) atoms. The van der Waals surface area contributed by atoms with Crippen molar-refractivity contribution < 1.29 is 22.5 Å². The number of nitro benzene ring substituents is 1. The second kappa shape index (κ2) is 6.93. The summed E-state index contributed by atoms with van der Waals surface area (Å²) < 4.78 is 45.1. The Morgan fingerprint density at radius 1 is 1.21 bits per heavy atom. The van der Waals surface area contributed by atoms with E-state index in [0.717, 1.165) is 12.1 Å². The number of methoxy groups -OCH3 is 1. The minimum absolute atomic E-state index is 0.173. The normalized spacial score (nSPS) is 12.6. The number of nitrogens with zero attached hydrogens (tertiary/aromatic N) is 1. The highest BCUT2D eigenvalue weighted by Crippen LogP contribution is 2.29. The van der Waals surface area contributed by atoms with Gasteiger partial charge in [-0.2, -0.15) is 0 Å². The van der Waals surface area contributed by atoms with E-state index in [-0.39, 0.29) is 5.75 Å². The Morgan fingerprint density at radius 3 is 2.38 bits per heavy atom. The Hall–Kier alpha value is -2.52. The number of hydrogen-bond donors (Lipinski definition) is 1. The molecule has 1 unspecified atom stereocenters. The Balaban J connectivity index is 2.36. The van der Waals surface area contributed by atoms with Crippen LogP contribution in [0, 0.1) is 15.9 Å². The third-order valence-corrected chi connectivity index (χ3v) is 4.94. The zero-order valence-corrected chi connectivity index (χ0v) is 13.7. The highest BCUT2D eigenvalue weighted by Gasteiger charge is 2.28. The van der Waals surface area contributed by atoms with Gasteiger partial charge in [0.2, 0.25) is 10.0 Å². The monoisotopic (exact) mass is 354 g/mol. The molecule has 9 heteroatoms. The van der Waals surface area contributed by atoms with Crippen molar-refractivity contribution in [2.75, 3.05) is 7.11 Å². The minimum atomic E-state index is -4.16. The van der Waals surface area contributed by atoms with Crippen molar-refractivity contribution in [1.82, 2.24) is 4.72 Å². The summed E-state index contributed by atoms with van der Waals surface area (Å²) in [7, 11) is -2.84. The fraction of sp³-hybridized carbons (Fsp3) is 0.200. The molecular weight excluding hydrogens is 339 g/mol. The van der Waals surface area contributed by atoms with Gasteiger partial charge in [-0.1, -0.05) is 12.1 Å². The Morgan fingerprint density at radius 2 is 1.83 bits per heavy atom. The zero-order chi connectivity index (χ0) is 17.9. The van der Waals surface area contributed by atoms with E-state index in [4.69, 9.17) is 4.74 Å². The van der Waals surface area contributed by atoms with Gasteiger partial charge in [0.25, 0.3) is 5.69 Å². The van der Waals surface area contributed by atoms with Gasteiger partial charge in [-0.3, -0.25) is 10.1 Å². The number of nitrogens with one attached hydrogen (secondary N) is 1. The SMILES string of the molecule is COc1ccc(S(=O)(=O)NC(C)c2ccc(F)cc2)c([N+](=O)[O-])c1. The van der Waals surface area contributed by atoms with Crippen LogP contribution in [-0.4, -0.2) is 20.5 Å². The number of halogens is 1. The van der Waals surface area contributed by atoms with Crippen molar-refractivity contribution in [2.45, 2.75) is 17.9 Å². The summed E-state index contributed by atoms with van der Waals surface area (Å²) in [5.74, 6) is -0.271. The van der Waals surface area contributed by atoms with Crippen LogP contribution in [0.1, 0.15) is 18.5 Å². The van der Waals surface area contributed by atoms with Crippen molar-refractivity contribution in [3.63, 3.8) is 0 Å². The number of nitro groups is 1. The lowest BCUT2D eigenvalue weighted by atomic mass is 10.1. The van der Waals surface area contributed by atoms with E-state index in [0.29, 0.717) is 5.56 Å². The quantitative estimate of drug-likeness (QED) is 0.635. The molecule has 0 radical (unpaired) electrons. The van der Waals surface area contributed by atoms with Gasteiger partial charge in [-0.25, -0.2) is 17.5 Å². The van der Waals surface area contributed by atoms with Crippen molar-refractivity contribution in [2.24, 2.45) is 0 Å². The van der Waals surface area contributed by atoms with Gasteiger partial charge in [0.1, 0.15) is 11.6 Å². The summed E-state index contributed by atoms with van der Waals surface area (Å²) in [5.41, 5.74) is -0.0655. The predicted molar refractivity (Wildman–Crippen MR) is 84.8 cm³/mol. The third kappa shape index (κ3) is 3.87. The van der Waals surface area contributed by atoms with E-state index in [1.54, 1.807) is 6.92 Å². The van der Waals surface area contributed by atoms with Gasteiger partial charge in [0.15, 0.2) is 4.90 Å². The molecule has 0 aromatic heterocycles. The van der Waals surface area contributed by atoms with Gasteiger partial charge in [0.05, 0.1) is 18.1 Å². The molecule has 0 spiro atoms. The van der Waals surface area contributed by atoms with Crippen LogP contribution in [0.25, 0.3) is 0 Å². The molecule has 0 aliphatic carbocycles. The van der Waals surface area contributed by atoms with E-state index in [2.05, 4.69) is 4.72 Å². The van der Waals surface area contributed by atoms with Crippen LogP contribution in [0.4, 0.5) is 10.1 Å². The number of sulfonamides is 1. The number of hydrogen-bond acceptors (Lipinski definition) is 5. The summed E-state index contributed by atoms with van der Waals surface area (Å²) >= 11 is 0. The first-order valence-corrected chi connectivity index (χ1v) is 8.33. The Labute approximate surface area is 138 Å². The molecule has 0 saturated carbocycles. The van der Waals surface area contributed by atoms with E-state index in [1.807, 2.05) is 0 Å². The second-order valence-corrected chi connectivity index (χ2v) is 6.67. The number of ether oxygens (including phenoxy) is 1. The van der Waals surface area contributed by atoms with E-state index < -0.39 is 37.4 Å². The molecule has 128 valence electrons. The lowest BCUT2D eigenvalue weighted by Crippen LogP contribution is -2.27. The average molecular weight is 354 g/mol. The summed E-state index contributed by atoms with van der Waals surface area (Å²) in [6.07, 6.45) is 0. The molecule has 0 saturated heterocycles. The Bertz CT molecular complexity index is 853. The van der Waals surface area contributed by atoms with Gasteiger partial charge in [-0.05, 0) is 36.8 Å². The molecule has 0 bridgehead atoms. The van der Waals surface area contributed by atoms with E-state index in [9.17, 15) is 22.9 Å². The van der Waals surface area contributed by atoms with Crippen LogP contribution in [0.2, 0.25) is 0 Å². The third-order valence-electron chi connectivity index (χ3n) is 3.35. The standard InChI is InChI=1S/C15H15FN2O5S/c1-10(11-3-5-12(16)6-4-11)17-24(21,22)15-8-7-13(23-2)9-14(15)18(19)20/h3-10,17H,1-2H3. The van der Waals surface area contributed by atoms with Crippen LogP contribution in [-0.2, 0) is 10.0 Å². The fourth-order valence-corrected chi connectivity index (χ4v) is 3.49. The average Bonchev–Trinajstić information content (AvgIpc) is 2.54. The number of rotatable bonds is 6. The van der Waals surface area contributed by atoms with Crippen LogP contribution in [0.3, 0.4) is 0 Å². The molecule has 0 aliphatic heterocycles. The molecule has 0 fully saturated rings. The Kier molecular flexibility index (Phi) is 5.15. The maximum atomic E-state index is 12.9. The van der Waals surface area contributed by atoms with E-state index in [1.165, 1.54) is 37.4 Å². The maximum absolute atomic E-state index is 12.9. The summed E-state index contributed by atoms with van der Waals surface area (Å²) in [6.45, 7) is 1.56. The lowest BCUT2D eigenvalue weighted by molar-refractivity contribution is -0.387. The van der Waals surface area contributed by atoms with Crippen LogP contribution >= 0.6 is 0 Å². The molecule has 2 aromatic rings. The summed E-state index contributed by atoms with van der Waals surface area (Å²) in [5, 5.41) is 11.1. The molecule has 2 aromatic carbocycles. The van der Waals surface area contributed by atoms with Crippen LogP contribution in [0.15, 0.2) is 47.4 Å². The lowest BCUT2D eigenvalue weighted by Gasteiger charge is -2.15. The highest BCUT2D eigenvalue weighted by atomic mass is 32.2. The minimum Gasteiger partial charge on any atom is -0.497 e. The number of benzene rings is 2. The topological polar surface area (TPSA) is 98.5 Å². The molecular formula is C15H15FN2O5S. The predicted octanol–water partition coefficient (Wildman–Crippen LogP) is 2.78. The van der Waals surface area contributed by atoms with Crippen molar-refractivity contribution in [3.8, 4) is 5.75 Å². The van der Waals surface area contributed by atoms with Gasteiger partial charge >= 0.3 is 0 Å². The largest absolute Gasteiger partial charge is 0.497 e. The molecule has 1 N–H and O–H groups in total. The molecule has 0 amide bonds. The highest BCUT2D eigenvalue weighted by molar-refractivity contribution is 7.89. The first-order valence-electron chi connectivity index (χ1n) is 6.85. The second-order valence-electron chi connectivity index (χ2n) is 4.99. The summed E-state index contributed by atoms with van der Waals surface area (Å²) in [4.78, 5) is 9.88. The first kappa shape index (κ1) is 17.8. The smallest absolute Gasteiger partial charge is 0.293 e. The first-order chi connectivity index (χ1) is 11.2. The van der Waals surface area contributed by atoms with Crippen molar-refractivity contribution in [1.29, 1.82) is 0 Å². The molecule has 0 aliphatic rings. The molecule has 7 nitrogen and oxygen atoms in total. The molecule has 2 rings (SSSR count). The van der Waals surface area contributed by atoms with Gasteiger partial charge < -0.3 is 4.74 Å². The molecule has 1 atom stereocenters. The summed E-state index contributed by atoms with van der Waals surface area (Å²) in [6, 6.07) is 8.05. The van der Waals surface area contributed by atoms with Crippen LogP contribution in [0.5, 0.6) is 5.75 Å². The van der Waals surface area contributed by atoms with Crippen LogP contribution < -0.4 is 9.46 Å². The van der Waals surface area contributed by atoms with Crippen molar-refractivity contribution >= 4 is 15.7 Å². The fourth-order valence-electron chi connectivity index (χ4n) is 2.11.